The lowest BCUT2D eigenvalue weighted by molar-refractivity contribution is -0.153. The third kappa shape index (κ3) is 6.63. The summed E-state index contributed by atoms with van der Waals surface area (Å²) < 4.78 is 42.0. The fourth-order valence-electron chi connectivity index (χ4n) is 2.87. The first kappa shape index (κ1) is 20.8. The lowest BCUT2D eigenvalue weighted by Gasteiger charge is -2.30. The lowest BCUT2D eigenvalue weighted by Crippen LogP contribution is -2.47. The van der Waals surface area contributed by atoms with Crippen LogP contribution >= 0.6 is 0 Å². The molecule has 0 radical (unpaired) electrons. The van der Waals surface area contributed by atoms with E-state index in [2.05, 4.69) is 10.1 Å². The summed E-state index contributed by atoms with van der Waals surface area (Å²) in [6.45, 7) is -1.40. The molecule has 150 valence electrons. The number of carbonyl (C=O) groups excluding carboxylic acids is 1. The minimum Gasteiger partial charge on any atom is -0.508 e. The first-order valence-electron chi connectivity index (χ1n) is 8.43. The maximum Gasteiger partial charge on any atom is 0.422 e. The van der Waals surface area contributed by atoms with Gasteiger partial charge in [0, 0.05) is 12.6 Å². The van der Waals surface area contributed by atoms with E-state index in [1.165, 1.54) is 0 Å². The number of nitrogens with one attached hydrogen (secondary N) is 1. The van der Waals surface area contributed by atoms with Gasteiger partial charge in [-0.2, -0.15) is 13.2 Å². The van der Waals surface area contributed by atoms with E-state index < -0.39 is 31.2 Å². The highest BCUT2D eigenvalue weighted by Crippen LogP contribution is 2.27. The highest BCUT2D eigenvalue weighted by Gasteiger charge is 2.31. The van der Waals surface area contributed by atoms with Crippen molar-refractivity contribution in [3.63, 3.8) is 0 Å². The number of piperidine rings is 1. The van der Waals surface area contributed by atoms with Crippen LogP contribution in [0.5, 0.6) is 11.5 Å². The van der Waals surface area contributed by atoms with E-state index in [0.717, 1.165) is 48.9 Å². The van der Waals surface area contributed by atoms with E-state index in [1.54, 1.807) is 0 Å². The number of alkyl halides is 3. The highest BCUT2D eigenvalue weighted by atomic mass is 19.4. The number of carboxylic acids is 1. The maximum absolute atomic E-state index is 12.8. The zero-order chi connectivity index (χ0) is 20.0. The number of ether oxygens (including phenoxy) is 1. The van der Waals surface area contributed by atoms with E-state index >= 15 is 0 Å². The molecule has 1 fully saturated rings. The van der Waals surface area contributed by atoms with Gasteiger partial charge < -0.3 is 25.2 Å². The fraction of sp³-hybridized carbons (Fsp3) is 0.529. The van der Waals surface area contributed by atoms with Crippen molar-refractivity contribution in [1.29, 1.82) is 0 Å². The van der Waals surface area contributed by atoms with Crippen LogP contribution in [0, 0.1) is 0 Å². The van der Waals surface area contributed by atoms with Crippen molar-refractivity contribution in [2.75, 3.05) is 26.2 Å². The van der Waals surface area contributed by atoms with Crippen LogP contribution in [-0.4, -0.2) is 65.4 Å². The molecule has 0 aromatic heterocycles. The molecule has 2 rings (SSSR count). The van der Waals surface area contributed by atoms with Gasteiger partial charge in [-0.1, -0.05) is 6.42 Å². The van der Waals surface area contributed by atoms with Crippen molar-refractivity contribution in [2.45, 2.75) is 31.5 Å². The van der Waals surface area contributed by atoms with Gasteiger partial charge in [0.25, 0.3) is 5.91 Å². The molecule has 1 saturated heterocycles. The summed E-state index contributed by atoms with van der Waals surface area (Å²) >= 11 is 0. The number of aliphatic carboxylic acids is 1. The number of nitrogens with zero attached hydrogens (tertiary/aromatic N) is 1. The molecular weight excluding hydrogens is 369 g/mol. The average Bonchev–Trinajstić information content (AvgIpc) is 2.59. The number of hydrogen-bond donors (Lipinski definition) is 3. The molecule has 1 aliphatic rings. The molecule has 7 nitrogen and oxygen atoms in total. The minimum absolute atomic E-state index is 0.0828. The van der Waals surface area contributed by atoms with Crippen LogP contribution in [0.1, 0.15) is 29.6 Å². The van der Waals surface area contributed by atoms with Crippen LogP contribution < -0.4 is 10.1 Å². The number of carbonyl (C=O) groups is 2. The smallest absolute Gasteiger partial charge is 0.422 e. The highest BCUT2D eigenvalue weighted by molar-refractivity contribution is 5.98. The maximum atomic E-state index is 12.8. The van der Waals surface area contributed by atoms with Crippen LogP contribution in [0.3, 0.4) is 0 Å². The number of phenolic OH excluding ortho intramolecular Hbond substituents is 1. The van der Waals surface area contributed by atoms with Gasteiger partial charge >= 0.3 is 12.1 Å². The van der Waals surface area contributed by atoms with Crippen molar-refractivity contribution < 1.29 is 37.7 Å². The van der Waals surface area contributed by atoms with E-state index in [4.69, 9.17) is 5.11 Å². The fourth-order valence-corrected chi connectivity index (χ4v) is 2.87. The summed E-state index contributed by atoms with van der Waals surface area (Å²) in [6.07, 6.45) is -1.95. The van der Waals surface area contributed by atoms with E-state index in [1.807, 2.05) is 0 Å². The number of rotatable bonds is 7. The predicted octanol–water partition coefficient (Wildman–Crippen LogP) is 2.00. The van der Waals surface area contributed by atoms with Crippen molar-refractivity contribution in [3.05, 3.63) is 23.8 Å². The largest absolute Gasteiger partial charge is 0.508 e. The Morgan fingerprint density at radius 1 is 1.30 bits per heavy atom. The molecule has 1 aromatic rings. The third-order valence-corrected chi connectivity index (χ3v) is 4.05. The summed E-state index contributed by atoms with van der Waals surface area (Å²) in [5, 5.41) is 21.9. The predicted molar refractivity (Wildman–Crippen MR) is 88.8 cm³/mol. The number of phenols is 1. The topological polar surface area (TPSA) is 99.1 Å². The number of carboxylic acid groups (broad SMARTS) is 1. The molecule has 10 heteroatoms. The first-order valence-corrected chi connectivity index (χ1v) is 8.43. The Balaban J connectivity index is 2.23. The van der Waals surface area contributed by atoms with E-state index in [-0.39, 0.29) is 29.6 Å². The van der Waals surface area contributed by atoms with Crippen LogP contribution in [0.2, 0.25) is 0 Å². The summed E-state index contributed by atoms with van der Waals surface area (Å²) in [5.74, 6) is -2.79. The van der Waals surface area contributed by atoms with Gasteiger partial charge in [0.15, 0.2) is 6.61 Å². The van der Waals surface area contributed by atoms with Crippen molar-refractivity contribution >= 4 is 11.9 Å². The molecule has 0 saturated carbocycles. The third-order valence-electron chi connectivity index (χ3n) is 4.05. The molecular formula is C17H21F3N2O5. The second-order valence-electron chi connectivity index (χ2n) is 6.31. The summed E-state index contributed by atoms with van der Waals surface area (Å²) in [5.41, 5.74) is -0.323. The molecule has 1 unspecified atom stereocenters. The Labute approximate surface area is 153 Å². The number of hydrogen-bond acceptors (Lipinski definition) is 5. The molecule has 0 aliphatic carbocycles. The molecule has 0 bridgehead atoms. The number of halogens is 3. The van der Waals surface area contributed by atoms with E-state index in [9.17, 15) is 27.9 Å². The normalized spacial score (nSPS) is 17.4. The van der Waals surface area contributed by atoms with Crippen LogP contribution in [-0.2, 0) is 4.79 Å². The van der Waals surface area contributed by atoms with Gasteiger partial charge in [0.2, 0.25) is 0 Å². The van der Waals surface area contributed by atoms with Gasteiger partial charge in [-0.05, 0) is 37.6 Å². The molecule has 3 N–H and O–H groups in total. The Bertz CT molecular complexity index is 675. The van der Waals surface area contributed by atoms with Gasteiger partial charge in [-0.3, -0.25) is 9.59 Å². The molecule has 1 amide bonds. The standard InChI is InChI=1S/C17H21F3N2O5/c18-17(19,20)10-27-14-5-4-12(23)7-13(14)16(26)22(9-15(24)25)8-11-3-1-2-6-21-11/h4-5,7,11,21,23H,1-3,6,8-10H2,(H,24,25). The average molecular weight is 390 g/mol. The monoisotopic (exact) mass is 390 g/mol. The Kier molecular flexibility index (Phi) is 6.89. The van der Waals surface area contributed by atoms with Crippen molar-refractivity contribution in [2.24, 2.45) is 0 Å². The second-order valence-corrected chi connectivity index (χ2v) is 6.31. The van der Waals surface area contributed by atoms with Crippen LogP contribution in [0.25, 0.3) is 0 Å². The van der Waals surface area contributed by atoms with Crippen LogP contribution in [0.15, 0.2) is 18.2 Å². The molecule has 1 atom stereocenters. The Morgan fingerprint density at radius 3 is 2.63 bits per heavy atom. The summed E-state index contributed by atoms with van der Waals surface area (Å²) in [7, 11) is 0. The quantitative estimate of drug-likeness (QED) is 0.659. The van der Waals surface area contributed by atoms with Gasteiger partial charge in [0.05, 0.1) is 5.56 Å². The zero-order valence-corrected chi connectivity index (χ0v) is 14.5. The number of amides is 1. The second kappa shape index (κ2) is 8.94. The zero-order valence-electron chi connectivity index (χ0n) is 14.5. The molecule has 0 spiro atoms. The molecule has 1 aliphatic heterocycles. The van der Waals surface area contributed by atoms with Gasteiger partial charge in [0.1, 0.15) is 18.0 Å². The minimum atomic E-state index is -4.61. The molecule has 27 heavy (non-hydrogen) atoms. The Hall–Kier alpha value is -2.49. The molecule has 1 heterocycles. The van der Waals surface area contributed by atoms with E-state index in [0.29, 0.717) is 0 Å². The number of benzene rings is 1. The van der Waals surface area contributed by atoms with Crippen LogP contribution in [0.4, 0.5) is 13.2 Å². The lowest BCUT2D eigenvalue weighted by atomic mass is 10.0. The SMILES string of the molecule is O=C(O)CN(CC1CCCCN1)C(=O)c1cc(O)ccc1OCC(F)(F)F. The van der Waals surface area contributed by atoms with Crippen molar-refractivity contribution in [1.82, 2.24) is 10.2 Å². The van der Waals surface area contributed by atoms with Crippen molar-refractivity contribution in [3.8, 4) is 11.5 Å². The van der Waals surface area contributed by atoms with Gasteiger partial charge in [-0.15, -0.1) is 0 Å². The molecule has 1 aromatic carbocycles. The van der Waals surface area contributed by atoms with Gasteiger partial charge in [-0.25, -0.2) is 0 Å². The first-order chi connectivity index (χ1) is 12.7. The summed E-state index contributed by atoms with van der Waals surface area (Å²) in [4.78, 5) is 25.0. The Morgan fingerprint density at radius 2 is 2.04 bits per heavy atom. The number of aromatic hydroxyl groups is 1. The summed E-state index contributed by atoms with van der Waals surface area (Å²) in [6, 6.07) is 3.00.